The summed E-state index contributed by atoms with van der Waals surface area (Å²) in [6, 6.07) is 12.4. The summed E-state index contributed by atoms with van der Waals surface area (Å²) in [5, 5.41) is 5.12. The maximum atomic E-state index is 13.0. The van der Waals surface area contributed by atoms with Crippen LogP contribution in [-0.4, -0.2) is 26.9 Å². The molecule has 2 aromatic heterocycles. The molecule has 28 heavy (non-hydrogen) atoms. The van der Waals surface area contributed by atoms with Crippen LogP contribution in [0, 0.1) is 13.8 Å². The average Bonchev–Trinajstić information content (AvgIpc) is 3.23. The van der Waals surface area contributed by atoms with Gasteiger partial charge in [0.25, 0.3) is 10.0 Å². The van der Waals surface area contributed by atoms with E-state index in [1.54, 1.807) is 23.7 Å². The first-order valence-corrected chi connectivity index (χ1v) is 11.0. The van der Waals surface area contributed by atoms with E-state index < -0.39 is 10.0 Å². The summed E-state index contributed by atoms with van der Waals surface area (Å²) in [5.41, 5.74) is 3.55. The highest BCUT2D eigenvalue weighted by Crippen LogP contribution is 2.27. The fourth-order valence-electron chi connectivity index (χ4n) is 2.97. The molecular formula is C18H16ClN5O2S2. The van der Waals surface area contributed by atoms with Gasteiger partial charge in [-0.1, -0.05) is 35.9 Å². The van der Waals surface area contributed by atoms with Crippen molar-refractivity contribution in [3.63, 3.8) is 0 Å². The molecular weight excluding hydrogens is 418 g/mol. The number of halogens is 1. The Morgan fingerprint density at radius 2 is 1.89 bits per heavy atom. The topological polar surface area (TPSA) is 89.8 Å². The third kappa shape index (κ3) is 3.36. The van der Waals surface area contributed by atoms with Gasteiger partial charge in [-0.25, -0.2) is 8.42 Å². The normalized spacial score (nSPS) is 11.8. The molecule has 0 atom stereocenters. The Hall–Kier alpha value is -2.49. The largest absolute Gasteiger partial charge is 0.276 e. The molecule has 4 rings (SSSR count). The number of benzene rings is 2. The third-order valence-corrected chi connectivity index (χ3v) is 6.73. The Labute approximate surface area is 171 Å². The molecule has 1 N–H and O–H groups in total. The highest BCUT2D eigenvalue weighted by atomic mass is 35.5. The van der Waals surface area contributed by atoms with E-state index in [-0.39, 0.29) is 4.90 Å². The summed E-state index contributed by atoms with van der Waals surface area (Å²) in [4.78, 5) is 0.0939. The monoisotopic (exact) mass is 433 g/mol. The van der Waals surface area contributed by atoms with Crippen LogP contribution in [0.15, 0.2) is 47.4 Å². The number of sulfonamides is 1. The summed E-state index contributed by atoms with van der Waals surface area (Å²) in [6.45, 7) is 4.03. The molecule has 0 bridgehead atoms. The minimum atomic E-state index is -3.85. The second kappa shape index (κ2) is 7.16. The van der Waals surface area contributed by atoms with Crippen LogP contribution in [-0.2, 0) is 16.6 Å². The fourth-order valence-corrected chi connectivity index (χ4v) is 5.11. The Morgan fingerprint density at radius 3 is 2.68 bits per heavy atom. The number of aromatic nitrogens is 4. The lowest BCUT2D eigenvalue weighted by molar-refractivity contribution is 0.602. The minimum absolute atomic E-state index is 0.0939. The summed E-state index contributed by atoms with van der Waals surface area (Å²) >= 11 is 7.22. The van der Waals surface area contributed by atoms with Crippen molar-refractivity contribution in [2.24, 2.45) is 0 Å². The quantitative estimate of drug-likeness (QED) is 0.513. The Morgan fingerprint density at radius 1 is 1.11 bits per heavy atom. The highest BCUT2D eigenvalue weighted by Gasteiger charge is 2.23. The summed E-state index contributed by atoms with van der Waals surface area (Å²) in [7, 11) is -3.85. The second-order valence-corrected chi connectivity index (χ2v) is 8.87. The van der Waals surface area contributed by atoms with Crippen LogP contribution in [0.5, 0.6) is 0 Å². The molecule has 10 heteroatoms. The lowest BCUT2D eigenvalue weighted by atomic mass is 10.2. The summed E-state index contributed by atoms with van der Waals surface area (Å²) in [5.74, 6) is 0. The lowest BCUT2D eigenvalue weighted by Crippen LogP contribution is -2.15. The van der Waals surface area contributed by atoms with Gasteiger partial charge in [-0.05, 0) is 37.6 Å². The van der Waals surface area contributed by atoms with Gasteiger partial charge in [0, 0.05) is 5.02 Å². The van der Waals surface area contributed by atoms with Crippen molar-refractivity contribution >= 4 is 50.1 Å². The van der Waals surface area contributed by atoms with Crippen molar-refractivity contribution in [1.29, 1.82) is 0 Å². The first-order valence-electron chi connectivity index (χ1n) is 8.38. The number of nitrogens with zero attached hydrogens (tertiary/aromatic N) is 4. The minimum Gasteiger partial charge on any atom is -0.276 e. The Balaban J connectivity index is 1.70. The van der Waals surface area contributed by atoms with Crippen molar-refractivity contribution in [3.05, 3.63) is 64.4 Å². The predicted molar refractivity (Wildman–Crippen MR) is 110 cm³/mol. The van der Waals surface area contributed by atoms with Crippen LogP contribution in [0.25, 0.3) is 11.0 Å². The standard InChI is InChI=1S/C18H16ClN5O2S2/c1-11-17(12(2)24(20-11)10-13-6-3-4-7-14(13)19)23-28(25,26)16-9-5-8-15-18(16)22-27-21-15/h3-9,23H,10H2,1-2H3. The molecule has 0 radical (unpaired) electrons. The fraction of sp³-hybridized carbons (Fsp3) is 0.167. The van der Waals surface area contributed by atoms with Gasteiger partial charge in [0.2, 0.25) is 0 Å². The van der Waals surface area contributed by atoms with Gasteiger partial charge in [0.05, 0.1) is 35.3 Å². The van der Waals surface area contributed by atoms with E-state index >= 15 is 0 Å². The molecule has 2 heterocycles. The van der Waals surface area contributed by atoms with Gasteiger partial charge in [-0.15, -0.1) is 0 Å². The molecule has 0 aliphatic heterocycles. The zero-order chi connectivity index (χ0) is 19.9. The number of fused-ring (bicyclic) bond motifs is 1. The van der Waals surface area contributed by atoms with Gasteiger partial charge in [-0.3, -0.25) is 9.40 Å². The molecule has 0 amide bonds. The smallest absolute Gasteiger partial charge is 0.264 e. The first-order chi connectivity index (χ1) is 13.4. The molecule has 0 fully saturated rings. The molecule has 7 nitrogen and oxygen atoms in total. The van der Waals surface area contributed by atoms with Gasteiger partial charge in [0.1, 0.15) is 15.9 Å². The number of hydrogen-bond acceptors (Lipinski definition) is 6. The highest BCUT2D eigenvalue weighted by molar-refractivity contribution is 7.93. The van der Waals surface area contributed by atoms with E-state index in [2.05, 4.69) is 18.6 Å². The van der Waals surface area contributed by atoms with Crippen LogP contribution in [0.4, 0.5) is 5.69 Å². The zero-order valence-corrected chi connectivity index (χ0v) is 17.4. The molecule has 0 saturated carbocycles. The van der Waals surface area contributed by atoms with Crippen LogP contribution < -0.4 is 4.72 Å². The number of rotatable bonds is 5. The van der Waals surface area contributed by atoms with E-state index in [1.165, 1.54) is 6.07 Å². The Bertz CT molecular complexity index is 1280. The van der Waals surface area contributed by atoms with Crippen LogP contribution in [0.1, 0.15) is 17.0 Å². The number of nitrogens with one attached hydrogen (secondary N) is 1. The molecule has 4 aromatic rings. The average molecular weight is 434 g/mol. The van der Waals surface area contributed by atoms with Gasteiger partial charge in [-0.2, -0.15) is 13.8 Å². The maximum absolute atomic E-state index is 13.0. The van der Waals surface area contributed by atoms with Gasteiger partial charge >= 0.3 is 0 Å². The number of hydrogen-bond donors (Lipinski definition) is 1. The van der Waals surface area contributed by atoms with Crippen molar-refractivity contribution in [2.45, 2.75) is 25.3 Å². The van der Waals surface area contributed by atoms with Crippen molar-refractivity contribution in [3.8, 4) is 0 Å². The second-order valence-electron chi connectivity index (χ2n) is 6.29. The molecule has 144 valence electrons. The SMILES string of the molecule is Cc1nn(Cc2ccccc2Cl)c(C)c1NS(=O)(=O)c1cccc2nsnc12. The molecule has 2 aromatic carbocycles. The number of anilines is 1. The van der Waals surface area contributed by atoms with Gasteiger partial charge in [0.15, 0.2) is 0 Å². The summed E-state index contributed by atoms with van der Waals surface area (Å²) in [6.07, 6.45) is 0. The summed E-state index contributed by atoms with van der Waals surface area (Å²) < 4.78 is 38.6. The van der Waals surface area contributed by atoms with E-state index in [4.69, 9.17) is 11.6 Å². The zero-order valence-electron chi connectivity index (χ0n) is 15.0. The number of aryl methyl sites for hydroxylation is 1. The van der Waals surface area contributed by atoms with Crippen molar-refractivity contribution in [1.82, 2.24) is 18.5 Å². The van der Waals surface area contributed by atoms with E-state index in [1.807, 2.05) is 31.2 Å². The van der Waals surface area contributed by atoms with Crippen LogP contribution in [0.2, 0.25) is 5.02 Å². The third-order valence-electron chi connectivity index (χ3n) is 4.43. The van der Waals surface area contributed by atoms with Crippen molar-refractivity contribution in [2.75, 3.05) is 4.72 Å². The van der Waals surface area contributed by atoms with Gasteiger partial charge < -0.3 is 0 Å². The van der Waals surface area contributed by atoms with E-state index in [0.717, 1.165) is 17.3 Å². The Kier molecular flexibility index (Phi) is 4.82. The molecule has 0 spiro atoms. The maximum Gasteiger partial charge on any atom is 0.264 e. The van der Waals surface area contributed by atoms with Crippen molar-refractivity contribution < 1.29 is 8.42 Å². The molecule has 0 unspecified atom stereocenters. The van der Waals surface area contributed by atoms with Crippen LogP contribution >= 0.6 is 23.3 Å². The predicted octanol–water partition coefficient (Wildman–Crippen LogP) is 4.01. The molecule has 0 aliphatic rings. The van der Waals surface area contributed by atoms with Crippen LogP contribution in [0.3, 0.4) is 0 Å². The lowest BCUT2D eigenvalue weighted by Gasteiger charge is -2.10. The van der Waals surface area contributed by atoms with E-state index in [0.29, 0.717) is 39.7 Å². The molecule has 0 saturated heterocycles. The van der Waals surface area contributed by atoms with E-state index in [9.17, 15) is 8.42 Å². The molecule has 0 aliphatic carbocycles. The first kappa shape index (κ1) is 18.9.